The summed E-state index contributed by atoms with van der Waals surface area (Å²) in [6.07, 6.45) is 3.86. The van der Waals surface area contributed by atoms with Crippen LogP contribution in [0.2, 0.25) is 0 Å². The van der Waals surface area contributed by atoms with Crippen LogP contribution in [-0.4, -0.2) is 102 Å². The first-order valence-corrected chi connectivity index (χ1v) is 22.0. The van der Waals surface area contributed by atoms with E-state index in [9.17, 15) is 38.7 Å². The second kappa shape index (κ2) is 30.4. The number of rotatable bonds is 32. The average molecular weight is 860 g/mol. The van der Waals surface area contributed by atoms with Crippen LogP contribution in [0.15, 0.2) is 30.3 Å². The second-order valence-corrected chi connectivity index (χ2v) is 17.1. The molecule has 0 unspecified atom stereocenters. The summed E-state index contributed by atoms with van der Waals surface area (Å²) in [6.45, 7) is 12.0. The quantitative estimate of drug-likeness (QED) is 0.0467. The lowest BCUT2D eigenvalue weighted by molar-refractivity contribution is -0.138. The average Bonchev–Trinajstić information content (AvgIpc) is 3.14. The number of unbranched alkanes of at least 4 members (excludes halogenated alkanes) is 2. The van der Waals surface area contributed by atoms with Gasteiger partial charge in [-0.1, -0.05) is 70.9 Å². The van der Waals surface area contributed by atoms with Gasteiger partial charge in [0.25, 0.3) is 0 Å². The Bertz CT molecular complexity index is 1500. The monoisotopic (exact) mass is 860 g/mol. The lowest BCUT2D eigenvalue weighted by atomic mass is 9.98. The molecule has 1 rings (SSSR count). The van der Waals surface area contributed by atoms with Gasteiger partial charge in [0.2, 0.25) is 35.4 Å². The highest BCUT2D eigenvalue weighted by Gasteiger charge is 2.26. The van der Waals surface area contributed by atoms with Crippen LogP contribution in [0.25, 0.3) is 0 Å². The predicted molar refractivity (Wildman–Crippen MR) is 236 cm³/mol. The van der Waals surface area contributed by atoms with E-state index in [0.717, 1.165) is 5.56 Å². The van der Waals surface area contributed by atoms with Crippen molar-refractivity contribution in [3.8, 4) is 0 Å². The summed E-state index contributed by atoms with van der Waals surface area (Å²) in [5.74, 6) is -3.02. The molecule has 17 heteroatoms. The summed E-state index contributed by atoms with van der Waals surface area (Å²) < 4.78 is 0. The van der Waals surface area contributed by atoms with Gasteiger partial charge in [0.1, 0.15) is 0 Å². The molecule has 13 N–H and O–H groups in total. The van der Waals surface area contributed by atoms with E-state index >= 15 is 0 Å². The van der Waals surface area contributed by atoms with Crippen molar-refractivity contribution in [1.29, 1.82) is 0 Å². The summed E-state index contributed by atoms with van der Waals surface area (Å²) in [7, 11) is 0. The lowest BCUT2D eigenvalue weighted by Crippen LogP contribution is -2.48. The Morgan fingerprint density at radius 2 is 0.934 bits per heavy atom. The van der Waals surface area contributed by atoms with Gasteiger partial charge in [-0.15, -0.1) is 0 Å². The number of amides is 6. The molecule has 6 amide bonds. The van der Waals surface area contributed by atoms with E-state index in [1.807, 2.05) is 58.0 Å². The zero-order valence-corrected chi connectivity index (χ0v) is 37.4. The maximum absolute atomic E-state index is 13.6. The molecule has 0 aliphatic rings. The Morgan fingerprint density at radius 1 is 0.508 bits per heavy atom. The van der Waals surface area contributed by atoms with E-state index in [-0.39, 0.29) is 98.3 Å². The zero-order valence-electron chi connectivity index (χ0n) is 37.4. The van der Waals surface area contributed by atoms with Crippen LogP contribution in [0.1, 0.15) is 131 Å². The summed E-state index contributed by atoms with van der Waals surface area (Å²) in [6, 6.07) is 5.92. The zero-order chi connectivity index (χ0) is 45.9. The van der Waals surface area contributed by atoms with E-state index in [2.05, 4.69) is 31.9 Å². The van der Waals surface area contributed by atoms with Crippen LogP contribution < -0.4 is 49.1 Å². The highest BCUT2D eigenvalue weighted by atomic mass is 16.4. The van der Waals surface area contributed by atoms with Gasteiger partial charge in [-0.25, -0.2) is 0 Å². The topological polar surface area (TPSA) is 290 Å². The summed E-state index contributed by atoms with van der Waals surface area (Å²) in [5.41, 5.74) is 18.2. The number of nitrogens with two attached hydrogens (primary N) is 3. The molecule has 0 saturated carbocycles. The Hall–Kier alpha value is -4.61. The van der Waals surface area contributed by atoms with Crippen molar-refractivity contribution in [2.45, 2.75) is 174 Å². The molecule has 7 atom stereocenters. The fraction of sp³-hybridized carbons (Fsp3) is 0.705. The van der Waals surface area contributed by atoms with Gasteiger partial charge in [0.15, 0.2) is 0 Å². The Kier molecular flexibility index (Phi) is 27.1. The third kappa shape index (κ3) is 26.4. The van der Waals surface area contributed by atoms with Crippen molar-refractivity contribution in [3.05, 3.63) is 35.9 Å². The normalized spacial score (nSPS) is 14.7. The summed E-state index contributed by atoms with van der Waals surface area (Å²) >= 11 is 0. The van der Waals surface area contributed by atoms with E-state index in [1.54, 1.807) is 13.8 Å². The molecule has 0 heterocycles. The lowest BCUT2D eigenvalue weighted by Gasteiger charge is -2.26. The van der Waals surface area contributed by atoms with E-state index in [4.69, 9.17) is 17.2 Å². The van der Waals surface area contributed by atoms with Crippen LogP contribution in [0.5, 0.6) is 0 Å². The van der Waals surface area contributed by atoms with Gasteiger partial charge in [0, 0.05) is 80.8 Å². The number of carboxylic acid groups (broad SMARTS) is 1. The third-order valence-electron chi connectivity index (χ3n) is 10.4. The van der Waals surface area contributed by atoms with Crippen LogP contribution in [0, 0.1) is 11.8 Å². The molecule has 0 spiro atoms. The number of hydrogen-bond donors (Lipinski definition) is 10. The van der Waals surface area contributed by atoms with Crippen molar-refractivity contribution >= 4 is 41.4 Å². The molecule has 1 aromatic carbocycles. The fourth-order valence-electron chi connectivity index (χ4n) is 6.81. The van der Waals surface area contributed by atoms with Crippen LogP contribution in [0.4, 0.5) is 0 Å². The largest absolute Gasteiger partial charge is 0.481 e. The first kappa shape index (κ1) is 54.4. The molecular weight excluding hydrogens is 783 g/mol. The Labute approximate surface area is 363 Å². The number of carboxylic acids is 1. The molecule has 0 radical (unpaired) electrons. The number of hydrogen-bond acceptors (Lipinski definition) is 10. The Morgan fingerprint density at radius 3 is 1.41 bits per heavy atom. The molecule has 0 aliphatic heterocycles. The molecular formula is C44H77N9O8. The Balaban J connectivity index is 2.93. The van der Waals surface area contributed by atoms with Crippen molar-refractivity contribution in [2.75, 3.05) is 13.1 Å². The van der Waals surface area contributed by atoms with Crippen LogP contribution >= 0.6 is 0 Å². The molecule has 0 aromatic heterocycles. The predicted octanol–water partition coefficient (Wildman–Crippen LogP) is 1.89. The van der Waals surface area contributed by atoms with E-state index in [1.165, 1.54) is 0 Å². The smallest absolute Gasteiger partial charge is 0.305 e. The van der Waals surface area contributed by atoms with E-state index < -0.39 is 42.2 Å². The molecule has 1 aromatic rings. The highest BCUT2D eigenvalue weighted by molar-refractivity contribution is 5.84. The first-order valence-electron chi connectivity index (χ1n) is 22.0. The molecule has 346 valence electrons. The molecule has 0 aliphatic carbocycles. The number of aliphatic carboxylic acids is 1. The van der Waals surface area contributed by atoms with Gasteiger partial charge in [-0.05, 0) is 76.4 Å². The molecule has 0 fully saturated rings. The minimum absolute atomic E-state index is 0.0166. The van der Waals surface area contributed by atoms with Crippen LogP contribution in [0.3, 0.4) is 0 Å². The summed E-state index contributed by atoms with van der Waals surface area (Å²) in [5, 5.41) is 26.6. The van der Waals surface area contributed by atoms with E-state index in [0.29, 0.717) is 58.0 Å². The number of benzene rings is 1. The maximum atomic E-state index is 13.6. The SMILES string of the molecule is CC(C)[C@H](N)CC(=O)N[C@H](C)CC(=O)N[C@@H](CCCCN)CC(=O)N[C@@H](CC(=O)N[C@H](CC(=O)N[C@H](C)CC(=O)N[C@@H](CCCCN)CC(=O)O)C(C)C)Cc1ccccc1. The molecule has 0 saturated heterocycles. The second-order valence-electron chi connectivity index (χ2n) is 17.1. The van der Waals surface area contributed by atoms with Crippen molar-refractivity contribution in [2.24, 2.45) is 29.0 Å². The van der Waals surface area contributed by atoms with Gasteiger partial charge < -0.3 is 54.2 Å². The number of carbonyl (C=O) groups is 7. The maximum Gasteiger partial charge on any atom is 0.305 e. The number of carbonyl (C=O) groups excluding carboxylic acids is 6. The molecule has 0 bridgehead atoms. The molecule has 17 nitrogen and oxygen atoms in total. The molecule has 61 heavy (non-hydrogen) atoms. The third-order valence-corrected chi connectivity index (χ3v) is 10.4. The first-order chi connectivity index (χ1) is 28.8. The van der Waals surface area contributed by atoms with Gasteiger partial charge >= 0.3 is 5.97 Å². The van der Waals surface area contributed by atoms with Crippen LogP contribution in [-0.2, 0) is 40.0 Å². The standard InChI is InChI=1S/C44H77N9O8/c1-28(2)36(47)26-42(58)48-30(5)20-38(54)50-33(16-10-12-18-45)23-40(56)52-35(22-32-14-8-7-9-15-32)24-41(57)53-37(29(3)4)27-43(59)49-31(6)21-39(55)51-34(25-44(60)61)17-11-13-19-46/h7-9,14-15,28-31,33-37H,10-13,16-27,45-47H2,1-6H3,(H,48,58)(H,49,59)(H,50,54)(H,51,55)(H,52,56)(H,53,57)(H,60,61)/t30-,31-,33+,34+,35-,36-,37-/m1/s1. The number of nitrogens with one attached hydrogen (secondary N) is 6. The van der Waals surface area contributed by atoms with Gasteiger partial charge in [-0.2, -0.15) is 0 Å². The van der Waals surface area contributed by atoms with Crippen molar-refractivity contribution < 1.29 is 38.7 Å². The highest BCUT2D eigenvalue weighted by Crippen LogP contribution is 2.13. The van der Waals surface area contributed by atoms with Gasteiger partial charge in [-0.3, -0.25) is 33.6 Å². The minimum Gasteiger partial charge on any atom is -0.481 e. The summed E-state index contributed by atoms with van der Waals surface area (Å²) in [4.78, 5) is 89.8. The van der Waals surface area contributed by atoms with Crippen molar-refractivity contribution in [3.63, 3.8) is 0 Å². The van der Waals surface area contributed by atoms with Gasteiger partial charge in [0.05, 0.1) is 6.42 Å². The minimum atomic E-state index is -1.02. The fourth-order valence-corrected chi connectivity index (χ4v) is 6.81. The van der Waals surface area contributed by atoms with Crippen molar-refractivity contribution in [1.82, 2.24) is 31.9 Å².